The molecule has 0 aromatic heterocycles. The van der Waals surface area contributed by atoms with Crippen LogP contribution < -0.4 is 15.8 Å². The van der Waals surface area contributed by atoms with Crippen LogP contribution in [0.2, 0.25) is 0 Å². The van der Waals surface area contributed by atoms with E-state index in [1.807, 2.05) is 31.2 Å². The molecule has 7 nitrogen and oxygen atoms in total. The molecule has 0 radical (unpaired) electrons. The molecule has 0 bridgehead atoms. The van der Waals surface area contributed by atoms with E-state index in [0.717, 1.165) is 73.1 Å². The number of hydrogen-bond donors (Lipinski definition) is 2. The summed E-state index contributed by atoms with van der Waals surface area (Å²) >= 11 is 0. The maximum absolute atomic E-state index is 14.7. The topological polar surface area (TPSA) is 111 Å². The van der Waals surface area contributed by atoms with E-state index >= 15 is 0 Å². The lowest BCUT2D eigenvalue weighted by Gasteiger charge is -2.29. The van der Waals surface area contributed by atoms with Crippen LogP contribution in [-0.2, 0) is 16.0 Å². The highest BCUT2D eigenvalue weighted by Gasteiger charge is 2.42. The number of rotatable bonds is 9. The number of nitroso groups, excluding NO2 is 1. The van der Waals surface area contributed by atoms with Gasteiger partial charge in [0.25, 0.3) is 0 Å². The number of carbonyl (C=O) groups is 2. The van der Waals surface area contributed by atoms with E-state index in [4.69, 9.17) is 15.4 Å². The minimum absolute atomic E-state index is 0.149. The van der Waals surface area contributed by atoms with Gasteiger partial charge in [0.15, 0.2) is 0 Å². The van der Waals surface area contributed by atoms with Crippen molar-refractivity contribution < 1.29 is 18.7 Å². The van der Waals surface area contributed by atoms with E-state index < -0.39 is 0 Å². The number of ether oxygens (including phenoxy) is 1. The zero-order valence-electron chi connectivity index (χ0n) is 26.5. The molecule has 4 fully saturated rings. The van der Waals surface area contributed by atoms with E-state index in [1.165, 1.54) is 38.5 Å². The number of nitrogens with two attached hydrogens (primary N) is 1. The van der Waals surface area contributed by atoms with Gasteiger partial charge in [-0.05, 0) is 106 Å². The normalized spacial score (nSPS) is 20.7. The Morgan fingerprint density at radius 3 is 2.30 bits per heavy atom. The predicted octanol–water partition coefficient (Wildman–Crippen LogP) is 7.77. The summed E-state index contributed by atoms with van der Waals surface area (Å²) in [5, 5.41) is 6.06. The summed E-state index contributed by atoms with van der Waals surface area (Å²) in [5.41, 5.74) is 9.14. The fraction of sp³-hybridized carbons (Fsp3) is 0.611. The summed E-state index contributed by atoms with van der Waals surface area (Å²) in [4.78, 5) is 31.8. The van der Waals surface area contributed by atoms with Crippen LogP contribution in [-0.4, -0.2) is 36.4 Å². The lowest BCUT2D eigenvalue weighted by Crippen LogP contribution is -2.35. The van der Waals surface area contributed by atoms with Crippen LogP contribution >= 0.6 is 0 Å². The maximum Gasteiger partial charge on any atom is 0.221 e. The van der Waals surface area contributed by atoms with Crippen molar-refractivity contribution in [1.82, 2.24) is 5.32 Å². The molecule has 2 aromatic rings. The number of amides is 1. The van der Waals surface area contributed by atoms with Crippen molar-refractivity contribution in [3.63, 3.8) is 0 Å². The first-order chi connectivity index (χ1) is 21.3. The van der Waals surface area contributed by atoms with E-state index in [2.05, 4.69) is 10.5 Å². The minimum atomic E-state index is -0.371. The number of halogens is 1. The summed E-state index contributed by atoms with van der Waals surface area (Å²) in [5.74, 6) is 1.30. The number of benzene rings is 2. The van der Waals surface area contributed by atoms with E-state index in [9.17, 15) is 14.0 Å². The third kappa shape index (κ3) is 8.74. The van der Waals surface area contributed by atoms with Gasteiger partial charge in [0.2, 0.25) is 5.91 Å². The molecule has 3 saturated carbocycles. The summed E-state index contributed by atoms with van der Waals surface area (Å²) in [6.07, 6.45) is 15.2. The molecule has 2 aromatic carbocycles. The number of nitrogens with one attached hydrogen (secondary N) is 1. The van der Waals surface area contributed by atoms with Crippen LogP contribution in [0, 0.1) is 16.6 Å². The van der Waals surface area contributed by atoms with Crippen molar-refractivity contribution in [3.8, 4) is 16.9 Å². The van der Waals surface area contributed by atoms with Gasteiger partial charge in [-0.3, -0.25) is 9.59 Å². The fourth-order valence-corrected chi connectivity index (χ4v) is 7.18. The highest BCUT2D eigenvalue weighted by atomic mass is 19.1. The molecular formula is C36H50FN3O4. The highest BCUT2D eigenvalue weighted by molar-refractivity contribution is 5.81. The average molecular weight is 608 g/mol. The summed E-state index contributed by atoms with van der Waals surface area (Å²) < 4.78 is 21.0. The standard InChI is InChI=1S/C23H26FNO2.C11H19NO.C2H5NO/c24-20-10-4-9-18(23(20)16-5-3-6-16)19-13-15(14-22(25)26)11-12-21(19)27-17-7-1-2-8-17;1-2-10(13)9-7-11(12-8-9)5-3-4-6-11;1-2-3-4/h4,9-13,16-17H,1-3,5-8,14H2,(H2,25,26);9,12H,2-8H2,1H3;2H2,1H3. The second kappa shape index (κ2) is 16.3. The van der Waals surface area contributed by atoms with Gasteiger partial charge < -0.3 is 15.8 Å². The average Bonchev–Trinajstić information content (AvgIpc) is 3.78. The van der Waals surface area contributed by atoms with Crippen LogP contribution in [0.5, 0.6) is 5.75 Å². The van der Waals surface area contributed by atoms with Gasteiger partial charge >= 0.3 is 0 Å². The largest absolute Gasteiger partial charge is 0.490 e. The Morgan fingerprint density at radius 2 is 1.70 bits per heavy atom. The molecule has 1 heterocycles. The van der Waals surface area contributed by atoms with E-state index in [1.54, 1.807) is 19.1 Å². The molecule has 1 aliphatic heterocycles. The number of carbonyl (C=O) groups excluding carboxylic acids is 2. The van der Waals surface area contributed by atoms with Crippen molar-refractivity contribution in [2.24, 2.45) is 16.8 Å². The number of nitrogens with zero attached hydrogens (tertiary/aromatic N) is 1. The number of hydrogen-bond acceptors (Lipinski definition) is 6. The molecule has 6 rings (SSSR count). The molecule has 3 aliphatic carbocycles. The molecule has 3 N–H and O–H groups in total. The summed E-state index contributed by atoms with van der Waals surface area (Å²) in [6.45, 7) is 5.00. The van der Waals surface area contributed by atoms with Crippen LogP contribution in [0.3, 0.4) is 0 Å². The van der Waals surface area contributed by atoms with E-state index in [0.29, 0.717) is 30.2 Å². The van der Waals surface area contributed by atoms with Crippen LogP contribution in [0.4, 0.5) is 4.39 Å². The molecule has 1 atom stereocenters. The zero-order chi connectivity index (χ0) is 31.5. The minimum Gasteiger partial charge on any atom is -0.490 e. The van der Waals surface area contributed by atoms with Crippen molar-refractivity contribution in [3.05, 3.63) is 58.2 Å². The Hall–Kier alpha value is -3.13. The van der Waals surface area contributed by atoms with Crippen molar-refractivity contribution in [2.45, 2.75) is 121 Å². The molecule has 4 aliphatic rings. The molecule has 1 spiro atoms. The maximum atomic E-state index is 14.7. The zero-order valence-corrected chi connectivity index (χ0v) is 26.5. The first-order valence-electron chi connectivity index (χ1n) is 16.7. The van der Waals surface area contributed by atoms with Gasteiger partial charge in [0.05, 0.1) is 19.1 Å². The lowest BCUT2D eigenvalue weighted by atomic mass is 9.76. The van der Waals surface area contributed by atoms with Crippen molar-refractivity contribution in [2.75, 3.05) is 13.1 Å². The Kier molecular flexibility index (Phi) is 12.5. The Bertz CT molecular complexity index is 1270. The van der Waals surface area contributed by atoms with Gasteiger partial charge in [-0.1, -0.05) is 49.6 Å². The monoisotopic (exact) mass is 607 g/mol. The molecule has 240 valence electrons. The van der Waals surface area contributed by atoms with Crippen LogP contribution in [0.15, 0.2) is 41.6 Å². The third-order valence-electron chi connectivity index (χ3n) is 9.73. The van der Waals surface area contributed by atoms with Crippen molar-refractivity contribution >= 4 is 11.7 Å². The number of primary amides is 1. The molecule has 1 unspecified atom stereocenters. The smallest absolute Gasteiger partial charge is 0.221 e. The molecule has 44 heavy (non-hydrogen) atoms. The number of ketones is 1. The lowest BCUT2D eigenvalue weighted by molar-refractivity contribution is -0.122. The quantitative estimate of drug-likeness (QED) is 0.283. The van der Waals surface area contributed by atoms with Crippen molar-refractivity contribution in [1.29, 1.82) is 0 Å². The third-order valence-corrected chi connectivity index (χ3v) is 9.73. The summed E-state index contributed by atoms with van der Waals surface area (Å²) in [7, 11) is 0. The van der Waals surface area contributed by atoms with Gasteiger partial charge in [-0.2, -0.15) is 4.91 Å². The Labute approximate surface area is 261 Å². The van der Waals surface area contributed by atoms with Gasteiger partial charge in [0, 0.05) is 30.0 Å². The summed E-state index contributed by atoms with van der Waals surface area (Å²) in [6, 6.07) is 11.0. The second-order valence-electron chi connectivity index (χ2n) is 12.9. The first kappa shape index (κ1) is 33.8. The van der Waals surface area contributed by atoms with Gasteiger partial charge in [0.1, 0.15) is 17.3 Å². The van der Waals surface area contributed by atoms with Crippen LogP contribution in [0.1, 0.15) is 114 Å². The molecule has 1 amide bonds. The molecule has 8 heteroatoms. The molecule has 1 saturated heterocycles. The highest BCUT2D eigenvalue weighted by Crippen LogP contribution is 2.45. The Balaban J connectivity index is 0.000000215. The van der Waals surface area contributed by atoms with E-state index in [-0.39, 0.29) is 30.2 Å². The molecular weight excluding hydrogens is 557 g/mol. The second-order valence-corrected chi connectivity index (χ2v) is 12.9. The predicted molar refractivity (Wildman–Crippen MR) is 173 cm³/mol. The first-order valence-corrected chi connectivity index (χ1v) is 16.7. The van der Waals surface area contributed by atoms with Gasteiger partial charge in [-0.25, -0.2) is 4.39 Å². The fourth-order valence-electron chi connectivity index (χ4n) is 7.18. The Morgan fingerprint density at radius 1 is 1.00 bits per heavy atom. The van der Waals surface area contributed by atoms with Gasteiger partial charge in [-0.15, -0.1) is 0 Å². The van der Waals surface area contributed by atoms with Crippen LogP contribution in [0.25, 0.3) is 11.1 Å². The SMILES string of the molecule is CCC(=O)C1CNC2(CCCC2)C1.CCN=O.NC(=O)Cc1ccc(OC2CCCC2)c(-c2cccc(F)c2C2CCC2)c1. The number of Topliss-reactive ketones (excluding diaryl/α,β-unsaturated/α-hetero) is 1.